The van der Waals surface area contributed by atoms with Gasteiger partial charge in [0.25, 0.3) is 0 Å². The molecule has 0 amide bonds. The zero-order chi connectivity index (χ0) is 16.4. The molecule has 0 saturated heterocycles. The topological polar surface area (TPSA) is 26.3 Å². The molecule has 0 heterocycles. The summed E-state index contributed by atoms with van der Waals surface area (Å²) in [7, 11) is 0. The molecule has 2 nitrogen and oxygen atoms in total. The Hall–Kier alpha value is -1.57. The van der Waals surface area contributed by atoms with Crippen molar-refractivity contribution >= 4 is 5.97 Å². The lowest BCUT2D eigenvalue weighted by Gasteiger charge is -2.09. The monoisotopic (exact) mass is 302 g/mol. The average molecular weight is 302 g/mol. The summed E-state index contributed by atoms with van der Waals surface area (Å²) in [5.41, 5.74) is 3.87. The van der Waals surface area contributed by atoms with Crippen LogP contribution in [0.5, 0.6) is 0 Å². The maximum absolute atomic E-state index is 11.6. The third-order valence-electron chi connectivity index (χ3n) is 3.99. The molecule has 0 saturated carbocycles. The van der Waals surface area contributed by atoms with Crippen LogP contribution in [0.1, 0.15) is 57.6 Å². The number of rotatable bonds is 9. The summed E-state index contributed by atoms with van der Waals surface area (Å²) in [6.07, 6.45) is 7.58. The van der Waals surface area contributed by atoms with E-state index in [1.807, 2.05) is 20.8 Å². The van der Waals surface area contributed by atoms with Gasteiger partial charge in [0.15, 0.2) is 0 Å². The smallest absolute Gasteiger partial charge is 0.308 e. The van der Waals surface area contributed by atoms with E-state index in [4.69, 9.17) is 4.74 Å². The molecule has 1 aromatic carbocycles. The zero-order valence-corrected chi connectivity index (χ0v) is 14.5. The lowest BCUT2D eigenvalue weighted by molar-refractivity contribution is -0.147. The molecule has 0 bridgehead atoms. The summed E-state index contributed by atoms with van der Waals surface area (Å²) in [5.74, 6) is -0.0862. The van der Waals surface area contributed by atoms with Crippen LogP contribution in [0.15, 0.2) is 35.9 Å². The van der Waals surface area contributed by atoms with Crippen molar-refractivity contribution in [3.05, 3.63) is 47.0 Å². The van der Waals surface area contributed by atoms with Crippen molar-refractivity contribution in [3.8, 4) is 0 Å². The van der Waals surface area contributed by atoms with E-state index in [1.165, 1.54) is 24.0 Å². The Balaban J connectivity index is 2.16. The van der Waals surface area contributed by atoms with Crippen LogP contribution in [0.2, 0.25) is 0 Å². The molecular formula is C20H30O2. The molecule has 0 N–H and O–H groups in total. The van der Waals surface area contributed by atoms with Crippen LogP contribution in [-0.4, -0.2) is 12.6 Å². The van der Waals surface area contributed by atoms with E-state index in [-0.39, 0.29) is 11.9 Å². The van der Waals surface area contributed by atoms with E-state index in [2.05, 4.69) is 37.3 Å². The van der Waals surface area contributed by atoms with Crippen LogP contribution in [0, 0.1) is 12.8 Å². The fourth-order valence-electron chi connectivity index (χ4n) is 2.13. The molecule has 2 heteroatoms. The second-order valence-electron chi connectivity index (χ2n) is 6.20. The van der Waals surface area contributed by atoms with Crippen molar-refractivity contribution in [2.24, 2.45) is 5.92 Å². The minimum absolute atomic E-state index is 0.00214. The lowest BCUT2D eigenvalue weighted by atomic mass is 10.1. The molecule has 0 fully saturated rings. The number of carbonyl (C=O) groups is 1. The fraction of sp³-hybridized carbons (Fsp3) is 0.550. The van der Waals surface area contributed by atoms with Gasteiger partial charge in [0.05, 0.1) is 5.92 Å². The highest BCUT2D eigenvalue weighted by atomic mass is 16.5. The summed E-state index contributed by atoms with van der Waals surface area (Å²) in [6.45, 7) is 8.49. The minimum Gasteiger partial charge on any atom is -0.461 e. The molecular weight excluding hydrogens is 272 g/mol. The lowest BCUT2D eigenvalue weighted by Crippen LogP contribution is -2.14. The first-order valence-corrected chi connectivity index (χ1v) is 8.40. The van der Waals surface area contributed by atoms with Gasteiger partial charge >= 0.3 is 5.97 Å². The molecule has 1 atom stereocenters. The molecule has 122 valence electrons. The van der Waals surface area contributed by atoms with Gasteiger partial charge in [-0.15, -0.1) is 0 Å². The minimum atomic E-state index is -0.0883. The summed E-state index contributed by atoms with van der Waals surface area (Å²) >= 11 is 0. The second-order valence-corrected chi connectivity index (χ2v) is 6.20. The van der Waals surface area contributed by atoms with Crippen molar-refractivity contribution in [1.29, 1.82) is 0 Å². The van der Waals surface area contributed by atoms with Crippen LogP contribution >= 0.6 is 0 Å². The molecule has 0 radical (unpaired) electrons. The molecule has 1 rings (SSSR count). The Kier molecular flexibility index (Phi) is 8.57. The SMILES string of the molecule is CCC(C)C(=O)OC/C(C)=C\CCCCc1ccc(C)cc1. The van der Waals surface area contributed by atoms with Crippen LogP contribution < -0.4 is 0 Å². The second kappa shape index (κ2) is 10.2. The Bertz CT molecular complexity index is 471. The number of esters is 1. The van der Waals surface area contributed by atoms with E-state index in [0.717, 1.165) is 24.8 Å². The number of aryl methyl sites for hydroxylation is 2. The molecule has 1 unspecified atom stereocenters. The van der Waals surface area contributed by atoms with Gasteiger partial charge in [-0.1, -0.05) is 49.8 Å². The van der Waals surface area contributed by atoms with Gasteiger partial charge in [-0.3, -0.25) is 4.79 Å². The van der Waals surface area contributed by atoms with Crippen LogP contribution in [0.4, 0.5) is 0 Å². The normalized spacial score (nSPS) is 13.0. The van der Waals surface area contributed by atoms with Gasteiger partial charge in [0, 0.05) is 0 Å². The summed E-state index contributed by atoms with van der Waals surface area (Å²) in [4.78, 5) is 11.6. The van der Waals surface area contributed by atoms with Crippen LogP contribution in [0.25, 0.3) is 0 Å². The Morgan fingerprint density at radius 3 is 2.55 bits per heavy atom. The number of carbonyl (C=O) groups excluding carboxylic acids is 1. The highest BCUT2D eigenvalue weighted by molar-refractivity contribution is 5.72. The molecule has 0 aromatic heterocycles. The predicted molar refractivity (Wildman–Crippen MR) is 92.9 cm³/mol. The maximum Gasteiger partial charge on any atom is 0.308 e. The number of hydrogen-bond donors (Lipinski definition) is 0. The quantitative estimate of drug-likeness (QED) is 0.354. The maximum atomic E-state index is 11.6. The summed E-state index contributed by atoms with van der Waals surface area (Å²) in [5, 5.41) is 0. The number of hydrogen-bond acceptors (Lipinski definition) is 2. The first-order chi connectivity index (χ1) is 10.5. The van der Waals surface area contributed by atoms with E-state index in [1.54, 1.807) is 0 Å². The zero-order valence-electron chi connectivity index (χ0n) is 14.5. The van der Waals surface area contributed by atoms with E-state index in [0.29, 0.717) is 6.61 Å². The third kappa shape index (κ3) is 7.44. The Labute approximate surface area is 135 Å². The van der Waals surface area contributed by atoms with Crippen molar-refractivity contribution in [3.63, 3.8) is 0 Å². The molecule has 0 aliphatic heterocycles. The standard InChI is InChI=1S/C20H30O2/c1-5-18(4)20(21)22-15-17(3)9-7-6-8-10-19-13-11-16(2)12-14-19/h9,11-14,18H,5-8,10,15H2,1-4H3/b17-9-. The van der Waals surface area contributed by atoms with E-state index in [9.17, 15) is 4.79 Å². The Morgan fingerprint density at radius 1 is 1.23 bits per heavy atom. The van der Waals surface area contributed by atoms with E-state index < -0.39 is 0 Å². The van der Waals surface area contributed by atoms with Gasteiger partial charge in [-0.05, 0) is 57.1 Å². The molecule has 0 spiro atoms. The van der Waals surface area contributed by atoms with Gasteiger partial charge in [0.1, 0.15) is 6.61 Å². The van der Waals surface area contributed by atoms with Crippen molar-refractivity contribution in [2.45, 2.75) is 59.8 Å². The van der Waals surface area contributed by atoms with Crippen molar-refractivity contribution in [2.75, 3.05) is 6.61 Å². The molecule has 22 heavy (non-hydrogen) atoms. The fourth-order valence-corrected chi connectivity index (χ4v) is 2.13. The first kappa shape index (κ1) is 18.5. The van der Waals surface area contributed by atoms with Crippen LogP contribution in [-0.2, 0) is 16.0 Å². The summed E-state index contributed by atoms with van der Waals surface area (Å²) < 4.78 is 5.29. The van der Waals surface area contributed by atoms with Gasteiger partial charge < -0.3 is 4.74 Å². The number of unbranched alkanes of at least 4 members (excludes halogenated alkanes) is 2. The van der Waals surface area contributed by atoms with Gasteiger partial charge in [-0.25, -0.2) is 0 Å². The van der Waals surface area contributed by atoms with E-state index >= 15 is 0 Å². The van der Waals surface area contributed by atoms with Crippen LogP contribution in [0.3, 0.4) is 0 Å². The average Bonchev–Trinajstić information content (AvgIpc) is 2.53. The van der Waals surface area contributed by atoms with Gasteiger partial charge in [0.2, 0.25) is 0 Å². The molecule has 1 aromatic rings. The predicted octanol–water partition coefficient (Wildman–Crippen LogP) is 5.24. The number of allylic oxidation sites excluding steroid dienone is 1. The first-order valence-electron chi connectivity index (χ1n) is 8.40. The van der Waals surface area contributed by atoms with Crippen molar-refractivity contribution in [1.82, 2.24) is 0 Å². The number of benzene rings is 1. The highest BCUT2D eigenvalue weighted by Gasteiger charge is 2.11. The number of ether oxygens (including phenoxy) is 1. The molecule has 0 aliphatic carbocycles. The van der Waals surface area contributed by atoms with Gasteiger partial charge in [-0.2, -0.15) is 0 Å². The largest absolute Gasteiger partial charge is 0.461 e. The highest BCUT2D eigenvalue weighted by Crippen LogP contribution is 2.10. The summed E-state index contributed by atoms with van der Waals surface area (Å²) in [6, 6.07) is 8.77. The Morgan fingerprint density at radius 2 is 1.91 bits per heavy atom. The molecule has 0 aliphatic rings. The third-order valence-corrected chi connectivity index (χ3v) is 3.99. The van der Waals surface area contributed by atoms with Crippen molar-refractivity contribution < 1.29 is 9.53 Å².